The minimum Gasteiger partial charge on any atom is -0.490 e. The number of aliphatic hydroxyl groups excluding tert-OH is 1. The molecule has 4 N–H and O–H groups in total. The third-order valence-corrected chi connectivity index (χ3v) is 2.56. The average Bonchev–Trinajstić information content (AvgIpc) is 2.60. The van der Waals surface area contributed by atoms with Crippen LogP contribution in [0.15, 0.2) is 18.2 Å². The minimum absolute atomic E-state index is 0.248. The summed E-state index contributed by atoms with van der Waals surface area (Å²) in [5.74, 6) is 1.52. The molecule has 1 aliphatic heterocycles. The van der Waals surface area contributed by atoms with Gasteiger partial charge in [0.1, 0.15) is 0 Å². The van der Waals surface area contributed by atoms with Crippen LogP contribution in [0.2, 0.25) is 0 Å². The number of aliphatic hydroxyl groups is 1. The Morgan fingerprint density at radius 1 is 1.29 bits per heavy atom. The normalized spacial score (nSPS) is 16.1. The number of hydrogen-bond acceptors (Lipinski definition) is 5. The van der Waals surface area contributed by atoms with E-state index in [1.807, 2.05) is 18.2 Å². The minimum atomic E-state index is -0.536. The molecule has 17 heavy (non-hydrogen) atoms. The largest absolute Gasteiger partial charge is 0.490 e. The molecule has 5 nitrogen and oxygen atoms in total. The highest BCUT2D eigenvalue weighted by atomic mass is 16.5. The molecule has 1 heterocycles. The van der Waals surface area contributed by atoms with E-state index in [0.29, 0.717) is 19.8 Å². The Bertz CT molecular complexity index is 371. The number of rotatable bonds is 4. The summed E-state index contributed by atoms with van der Waals surface area (Å²) in [6.07, 6.45) is 0.356. The zero-order valence-electron chi connectivity index (χ0n) is 9.69. The second-order valence-electron chi connectivity index (χ2n) is 3.98. The van der Waals surface area contributed by atoms with Gasteiger partial charge in [0, 0.05) is 31.3 Å². The maximum Gasteiger partial charge on any atom is 0.163 e. The van der Waals surface area contributed by atoms with Crippen molar-refractivity contribution in [2.24, 2.45) is 5.73 Å². The lowest BCUT2D eigenvalue weighted by molar-refractivity contribution is 0.196. The molecule has 94 valence electrons. The van der Waals surface area contributed by atoms with E-state index in [-0.39, 0.29) is 6.54 Å². The van der Waals surface area contributed by atoms with Gasteiger partial charge in [0.25, 0.3) is 0 Å². The molecule has 1 aromatic carbocycles. The quantitative estimate of drug-likeness (QED) is 0.715. The standard InChI is InChI=1S/C12H18N2O3/c13-7-10(15)8-14-9-2-3-11-12(6-9)17-5-1-4-16-11/h2-3,6,10,14-15H,1,4-5,7-8,13H2. The summed E-state index contributed by atoms with van der Waals surface area (Å²) in [7, 11) is 0. The number of anilines is 1. The topological polar surface area (TPSA) is 76.7 Å². The van der Waals surface area contributed by atoms with E-state index in [2.05, 4.69) is 5.32 Å². The van der Waals surface area contributed by atoms with Gasteiger partial charge in [-0.2, -0.15) is 0 Å². The van der Waals surface area contributed by atoms with Crippen LogP contribution in [0.4, 0.5) is 5.69 Å². The van der Waals surface area contributed by atoms with Crippen LogP contribution in [0.5, 0.6) is 11.5 Å². The first-order valence-corrected chi connectivity index (χ1v) is 5.81. The summed E-state index contributed by atoms with van der Waals surface area (Å²) in [5.41, 5.74) is 6.22. The Balaban J connectivity index is 2.02. The molecule has 0 radical (unpaired) electrons. The molecule has 0 bridgehead atoms. The van der Waals surface area contributed by atoms with Crippen molar-refractivity contribution in [3.05, 3.63) is 18.2 Å². The fraction of sp³-hybridized carbons (Fsp3) is 0.500. The first kappa shape index (κ1) is 12.0. The van der Waals surface area contributed by atoms with E-state index >= 15 is 0 Å². The predicted octanol–water partition coefficient (Wildman–Crippen LogP) is 0.579. The van der Waals surface area contributed by atoms with Crippen LogP contribution in [0.3, 0.4) is 0 Å². The van der Waals surface area contributed by atoms with E-state index in [9.17, 15) is 5.11 Å². The molecule has 5 heteroatoms. The van der Waals surface area contributed by atoms with E-state index < -0.39 is 6.10 Å². The monoisotopic (exact) mass is 238 g/mol. The molecule has 0 fully saturated rings. The van der Waals surface area contributed by atoms with Crippen molar-refractivity contribution in [2.75, 3.05) is 31.6 Å². The van der Waals surface area contributed by atoms with Crippen LogP contribution in [0, 0.1) is 0 Å². The molecule has 0 spiro atoms. The van der Waals surface area contributed by atoms with Crippen molar-refractivity contribution in [3.63, 3.8) is 0 Å². The third-order valence-electron chi connectivity index (χ3n) is 2.56. The molecule has 0 saturated heterocycles. The Hall–Kier alpha value is -1.46. The second kappa shape index (κ2) is 5.75. The van der Waals surface area contributed by atoms with Gasteiger partial charge in [-0.25, -0.2) is 0 Å². The number of fused-ring (bicyclic) bond motifs is 1. The highest BCUT2D eigenvalue weighted by Crippen LogP contribution is 2.32. The Kier molecular flexibility index (Phi) is 4.06. The summed E-state index contributed by atoms with van der Waals surface area (Å²) in [5, 5.41) is 12.5. The van der Waals surface area contributed by atoms with Crippen LogP contribution in [-0.2, 0) is 0 Å². The fourth-order valence-corrected chi connectivity index (χ4v) is 1.59. The first-order chi connectivity index (χ1) is 8.29. The van der Waals surface area contributed by atoms with Crippen LogP contribution in [0.25, 0.3) is 0 Å². The van der Waals surface area contributed by atoms with Crippen molar-refractivity contribution in [2.45, 2.75) is 12.5 Å². The summed E-state index contributed by atoms with van der Waals surface area (Å²) < 4.78 is 11.1. The van der Waals surface area contributed by atoms with Gasteiger partial charge in [0.2, 0.25) is 0 Å². The average molecular weight is 238 g/mol. The lowest BCUT2D eigenvalue weighted by Gasteiger charge is -2.13. The van der Waals surface area contributed by atoms with Crippen LogP contribution in [0.1, 0.15) is 6.42 Å². The van der Waals surface area contributed by atoms with Gasteiger partial charge >= 0.3 is 0 Å². The van der Waals surface area contributed by atoms with Crippen molar-refractivity contribution >= 4 is 5.69 Å². The van der Waals surface area contributed by atoms with Crippen molar-refractivity contribution in [1.29, 1.82) is 0 Å². The Morgan fingerprint density at radius 2 is 2.06 bits per heavy atom. The van der Waals surface area contributed by atoms with Gasteiger partial charge < -0.3 is 25.6 Å². The molecule has 1 aromatic rings. The van der Waals surface area contributed by atoms with Crippen LogP contribution >= 0.6 is 0 Å². The van der Waals surface area contributed by atoms with E-state index in [1.54, 1.807) is 0 Å². The number of ether oxygens (including phenoxy) is 2. The number of nitrogens with one attached hydrogen (secondary N) is 1. The lowest BCUT2D eigenvalue weighted by atomic mass is 10.2. The first-order valence-electron chi connectivity index (χ1n) is 5.81. The maximum absolute atomic E-state index is 9.36. The zero-order chi connectivity index (χ0) is 12.1. The van der Waals surface area contributed by atoms with Gasteiger partial charge in [-0.15, -0.1) is 0 Å². The van der Waals surface area contributed by atoms with E-state index in [4.69, 9.17) is 15.2 Å². The van der Waals surface area contributed by atoms with Gasteiger partial charge in [0.15, 0.2) is 11.5 Å². The molecule has 1 aliphatic rings. The van der Waals surface area contributed by atoms with Crippen LogP contribution in [-0.4, -0.2) is 37.5 Å². The lowest BCUT2D eigenvalue weighted by Crippen LogP contribution is -2.27. The molecule has 1 atom stereocenters. The molecule has 0 aromatic heterocycles. The van der Waals surface area contributed by atoms with Gasteiger partial charge in [-0.3, -0.25) is 0 Å². The van der Waals surface area contributed by atoms with E-state index in [1.165, 1.54) is 0 Å². The van der Waals surface area contributed by atoms with Crippen molar-refractivity contribution in [1.82, 2.24) is 0 Å². The molecule has 2 rings (SSSR count). The number of benzene rings is 1. The maximum atomic E-state index is 9.36. The summed E-state index contributed by atoms with van der Waals surface area (Å²) >= 11 is 0. The van der Waals surface area contributed by atoms with E-state index in [0.717, 1.165) is 23.6 Å². The summed E-state index contributed by atoms with van der Waals surface area (Å²) in [4.78, 5) is 0. The van der Waals surface area contributed by atoms with Crippen molar-refractivity contribution < 1.29 is 14.6 Å². The number of hydrogen-bond donors (Lipinski definition) is 3. The zero-order valence-corrected chi connectivity index (χ0v) is 9.69. The molecule has 0 aliphatic carbocycles. The summed E-state index contributed by atoms with van der Waals surface area (Å²) in [6, 6.07) is 5.65. The van der Waals surface area contributed by atoms with Gasteiger partial charge in [-0.1, -0.05) is 0 Å². The van der Waals surface area contributed by atoms with Gasteiger partial charge in [0.05, 0.1) is 19.3 Å². The smallest absolute Gasteiger partial charge is 0.163 e. The third kappa shape index (κ3) is 3.25. The number of nitrogens with two attached hydrogens (primary N) is 1. The fourth-order valence-electron chi connectivity index (χ4n) is 1.59. The molecule has 0 saturated carbocycles. The highest BCUT2D eigenvalue weighted by Gasteiger charge is 2.10. The highest BCUT2D eigenvalue weighted by molar-refractivity contribution is 5.55. The Morgan fingerprint density at radius 3 is 2.82 bits per heavy atom. The summed E-state index contributed by atoms with van der Waals surface area (Å²) in [6.45, 7) is 2.03. The van der Waals surface area contributed by atoms with Gasteiger partial charge in [-0.05, 0) is 12.1 Å². The molecule has 1 unspecified atom stereocenters. The van der Waals surface area contributed by atoms with Crippen molar-refractivity contribution in [3.8, 4) is 11.5 Å². The molecular formula is C12H18N2O3. The predicted molar refractivity (Wildman–Crippen MR) is 65.6 cm³/mol. The second-order valence-corrected chi connectivity index (χ2v) is 3.98. The molecular weight excluding hydrogens is 220 g/mol. The SMILES string of the molecule is NCC(O)CNc1ccc2c(c1)OCCCO2. The van der Waals surface area contributed by atoms with Crippen LogP contribution < -0.4 is 20.5 Å². The molecule has 0 amide bonds. The Labute approximate surface area is 101 Å².